The van der Waals surface area contributed by atoms with Crippen molar-refractivity contribution in [2.75, 3.05) is 0 Å². The van der Waals surface area contributed by atoms with E-state index in [0.29, 0.717) is 22.9 Å². The number of rotatable bonds is 4. The number of halogens is 1. The Balaban J connectivity index is 1.95. The molecule has 0 amide bonds. The fourth-order valence-corrected chi connectivity index (χ4v) is 4.51. The standard InChI is InChI=1S/C23H32ClNO4Si/c1-22(2,3)30(6,7)28-14-15-10-11-25(19(26)12-15)20-17-13-16(24)8-9-18(17)29-23(4,5)21(20)27/h8-13,20-21,27H,14H2,1-7H3/t20-,21+/m1/s1. The summed E-state index contributed by atoms with van der Waals surface area (Å²) in [6.07, 6.45) is 0.808. The molecule has 2 heterocycles. The van der Waals surface area contributed by atoms with Gasteiger partial charge in [-0.2, -0.15) is 0 Å². The Hall–Kier alpha value is -1.60. The number of fused-ring (bicyclic) bond motifs is 1. The Kier molecular flexibility index (Phi) is 6.02. The first kappa shape index (κ1) is 23.1. The third-order valence-electron chi connectivity index (χ3n) is 6.39. The van der Waals surface area contributed by atoms with Gasteiger partial charge in [0.2, 0.25) is 0 Å². The lowest BCUT2D eigenvalue weighted by Gasteiger charge is -2.42. The van der Waals surface area contributed by atoms with Crippen LogP contribution in [0.15, 0.2) is 41.3 Å². The van der Waals surface area contributed by atoms with Gasteiger partial charge in [-0.1, -0.05) is 32.4 Å². The summed E-state index contributed by atoms with van der Waals surface area (Å²) in [5, 5.41) is 11.7. The van der Waals surface area contributed by atoms with Crippen LogP contribution in [-0.2, 0) is 11.0 Å². The number of hydrogen-bond acceptors (Lipinski definition) is 4. The van der Waals surface area contributed by atoms with Crippen LogP contribution < -0.4 is 10.3 Å². The van der Waals surface area contributed by atoms with E-state index in [1.807, 2.05) is 19.9 Å². The summed E-state index contributed by atoms with van der Waals surface area (Å²) in [7, 11) is -1.91. The second-order valence-corrected chi connectivity index (χ2v) is 15.4. The van der Waals surface area contributed by atoms with E-state index in [4.69, 9.17) is 20.8 Å². The van der Waals surface area contributed by atoms with Gasteiger partial charge in [-0.25, -0.2) is 0 Å². The summed E-state index contributed by atoms with van der Waals surface area (Å²) in [6.45, 7) is 15.0. The molecular formula is C23H32ClNO4Si. The summed E-state index contributed by atoms with van der Waals surface area (Å²) in [4.78, 5) is 13.0. The van der Waals surface area contributed by atoms with E-state index in [1.54, 1.807) is 35.0 Å². The van der Waals surface area contributed by atoms with Crippen molar-refractivity contribution in [2.45, 2.75) is 77.1 Å². The third-order valence-corrected chi connectivity index (χ3v) is 11.1. The number of nitrogens with zero attached hydrogens (tertiary/aromatic N) is 1. The average molecular weight is 450 g/mol. The minimum Gasteiger partial charge on any atom is -0.485 e. The van der Waals surface area contributed by atoms with Crippen molar-refractivity contribution in [3.8, 4) is 5.75 Å². The highest BCUT2D eigenvalue weighted by Gasteiger charge is 2.44. The molecule has 7 heteroatoms. The highest BCUT2D eigenvalue weighted by molar-refractivity contribution is 6.74. The first-order valence-electron chi connectivity index (χ1n) is 10.2. The molecule has 3 rings (SSSR count). The van der Waals surface area contributed by atoms with Crippen LogP contribution in [0.25, 0.3) is 0 Å². The maximum absolute atomic E-state index is 13.0. The van der Waals surface area contributed by atoms with Crippen LogP contribution in [0.1, 0.15) is 51.8 Å². The van der Waals surface area contributed by atoms with Gasteiger partial charge in [0.1, 0.15) is 17.5 Å². The van der Waals surface area contributed by atoms with Crippen LogP contribution in [-0.4, -0.2) is 29.7 Å². The smallest absolute Gasteiger partial charge is 0.251 e. The Bertz CT molecular complexity index is 993. The fourth-order valence-electron chi connectivity index (χ4n) is 3.37. The molecule has 1 aliphatic rings. The monoisotopic (exact) mass is 449 g/mol. The molecule has 0 unspecified atom stereocenters. The molecule has 0 spiro atoms. The van der Waals surface area contributed by atoms with Crippen LogP contribution in [0.3, 0.4) is 0 Å². The Morgan fingerprint density at radius 1 is 1.23 bits per heavy atom. The van der Waals surface area contributed by atoms with Gasteiger partial charge < -0.3 is 18.8 Å². The average Bonchev–Trinajstić information content (AvgIpc) is 2.62. The van der Waals surface area contributed by atoms with Gasteiger partial charge in [0, 0.05) is 22.8 Å². The summed E-state index contributed by atoms with van der Waals surface area (Å²) in [6, 6.07) is 8.16. The summed E-state index contributed by atoms with van der Waals surface area (Å²) >= 11 is 6.20. The predicted molar refractivity (Wildman–Crippen MR) is 123 cm³/mol. The molecule has 0 bridgehead atoms. The molecular weight excluding hydrogens is 418 g/mol. The van der Waals surface area contributed by atoms with Gasteiger partial charge in [0.25, 0.3) is 5.56 Å². The number of pyridine rings is 1. The van der Waals surface area contributed by atoms with Crippen molar-refractivity contribution in [3.05, 3.63) is 63.0 Å². The number of aliphatic hydroxyl groups excluding tert-OH is 1. The van der Waals surface area contributed by atoms with E-state index in [-0.39, 0.29) is 10.6 Å². The molecule has 0 fully saturated rings. The maximum atomic E-state index is 13.0. The fraction of sp³-hybridized carbons (Fsp3) is 0.522. The molecule has 1 aromatic heterocycles. The first-order valence-corrected chi connectivity index (χ1v) is 13.5. The lowest BCUT2D eigenvalue weighted by Crippen LogP contribution is -2.52. The summed E-state index contributed by atoms with van der Waals surface area (Å²) in [5.74, 6) is 0.622. The minimum absolute atomic E-state index is 0.1000. The number of hydrogen-bond donors (Lipinski definition) is 1. The lowest BCUT2D eigenvalue weighted by molar-refractivity contribution is -0.0642. The molecule has 30 heavy (non-hydrogen) atoms. The topological polar surface area (TPSA) is 60.7 Å². The number of aromatic nitrogens is 1. The molecule has 5 nitrogen and oxygen atoms in total. The number of benzene rings is 1. The lowest BCUT2D eigenvalue weighted by atomic mass is 9.86. The van der Waals surface area contributed by atoms with Crippen LogP contribution in [0.2, 0.25) is 23.2 Å². The summed E-state index contributed by atoms with van der Waals surface area (Å²) < 4.78 is 13.8. The zero-order chi connectivity index (χ0) is 22.5. The van der Waals surface area contributed by atoms with Crippen molar-refractivity contribution in [3.63, 3.8) is 0 Å². The van der Waals surface area contributed by atoms with E-state index >= 15 is 0 Å². The van der Waals surface area contributed by atoms with Crippen molar-refractivity contribution < 1.29 is 14.3 Å². The van der Waals surface area contributed by atoms with Gasteiger partial charge in [0.15, 0.2) is 8.32 Å². The minimum atomic E-state index is -1.91. The molecule has 0 saturated heterocycles. The molecule has 0 aliphatic carbocycles. The van der Waals surface area contributed by atoms with Gasteiger partial charge in [-0.15, -0.1) is 0 Å². The highest BCUT2D eigenvalue weighted by Crippen LogP contribution is 2.42. The zero-order valence-electron chi connectivity index (χ0n) is 18.8. The van der Waals surface area contributed by atoms with Crippen LogP contribution in [0.5, 0.6) is 5.75 Å². The first-order chi connectivity index (χ1) is 13.7. The van der Waals surface area contributed by atoms with E-state index in [1.165, 1.54) is 0 Å². The van der Waals surface area contributed by atoms with Crippen molar-refractivity contribution in [2.24, 2.45) is 0 Å². The zero-order valence-corrected chi connectivity index (χ0v) is 20.6. The number of aliphatic hydroxyl groups is 1. The van der Waals surface area contributed by atoms with Crippen LogP contribution in [0, 0.1) is 0 Å². The van der Waals surface area contributed by atoms with E-state index < -0.39 is 26.1 Å². The molecule has 164 valence electrons. The normalized spacial score (nSPS) is 21.1. The van der Waals surface area contributed by atoms with Crippen molar-refractivity contribution >= 4 is 19.9 Å². The van der Waals surface area contributed by atoms with Gasteiger partial charge in [-0.05, 0) is 61.8 Å². The second kappa shape index (κ2) is 7.82. The highest BCUT2D eigenvalue weighted by atomic mass is 35.5. The molecule has 1 aliphatic heterocycles. The molecule has 2 atom stereocenters. The Morgan fingerprint density at radius 2 is 1.90 bits per heavy atom. The largest absolute Gasteiger partial charge is 0.485 e. The third kappa shape index (κ3) is 4.37. The van der Waals surface area contributed by atoms with E-state index in [9.17, 15) is 9.90 Å². The van der Waals surface area contributed by atoms with E-state index in [0.717, 1.165) is 5.56 Å². The summed E-state index contributed by atoms with van der Waals surface area (Å²) in [5.41, 5.74) is 0.476. The molecule has 2 aromatic rings. The second-order valence-electron chi connectivity index (χ2n) is 10.1. The molecule has 0 radical (unpaired) electrons. The molecule has 0 saturated carbocycles. The Morgan fingerprint density at radius 3 is 2.50 bits per heavy atom. The van der Waals surface area contributed by atoms with Gasteiger partial charge >= 0.3 is 0 Å². The predicted octanol–water partition coefficient (Wildman–Crippen LogP) is 5.14. The SMILES string of the molecule is CC1(C)Oc2ccc(Cl)cc2[C@@H](n2ccc(CO[Si](C)(C)C(C)(C)C)cc2=O)[C@@H]1O. The van der Waals surface area contributed by atoms with Gasteiger partial charge in [-0.3, -0.25) is 4.79 Å². The maximum Gasteiger partial charge on any atom is 0.251 e. The van der Waals surface area contributed by atoms with Crippen LogP contribution in [0.4, 0.5) is 0 Å². The number of ether oxygens (including phenoxy) is 1. The van der Waals surface area contributed by atoms with Crippen molar-refractivity contribution in [1.82, 2.24) is 4.57 Å². The Labute approximate surface area is 184 Å². The van der Waals surface area contributed by atoms with E-state index in [2.05, 4.69) is 33.9 Å². The van der Waals surface area contributed by atoms with Crippen molar-refractivity contribution in [1.29, 1.82) is 0 Å². The molecule has 1 N–H and O–H groups in total. The quantitative estimate of drug-likeness (QED) is 0.656. The van der Waals surface area contributed by atoms with Gasteiger partial charge in [0.05, 0.1) is 12.6 Å². The van der Waals surface area contributed by atoms with Crippen LogP contribution >= 0.6 is 11.6 Å². The molecule has 1 aromatic carbocycles.